The van der Waals surface area contributed by atoms with Gasteiger partial charge in [0.05, 0.1) is 6.42 Å². The van der Waals surface area contributed by atoms with Crippen molar-refractivity contribution in [3.8, 4) is 0 Å². The van der Waals surface area contributed by atoms with Gasteiger partial charge in [0.15, 0.2) is 0 Å². The number of nitrogens with zero attached hydrogens (tertiary/aromatic N) is 1. The Morgan fingerprint density at radius 2 is 1.51 bits per heavy atom. The summed E-state index contributed by atoms with van der Waals surface area (Å²) in [7, 11) is 0. The predicted molar refractivity (Wildman–Crippen MR) is 154 cm³/mol. The number of amides is 4. The van der Waals surface area contributed by atoms with E-state index in [4.69, 9.17) is 10.5 Å². The van der Waals surface area contributed by atoms with Crippen LogP contribution in [0.25, 0.3) is 0 Å². The zero-order valence-corrected chi connectivity index (χ0v) is 24.8. The molecule has 0 aliphatic rings. The lowest BCUT2D eigenvalue weighted by Gasteiger charge is -2.34. The van der Waals surface area contributed by atoms with Crippen molar-refractivity contribution in [2.75, 3.05) is 13.1 Å². The SMILES string of the molecule is CCCCCCCCN(C(=O)C(CC(N)=O)NC(=O)OC(C)(C)C)C(C(=O)NCCCC)c1ccc(C)cc1. The molecular weight excluding hydrogens is 496 g/mol. The zero-order valence-electron chi connectivity index (χ0n) is 24.8. The Kier molecular flexibility index (Phi) is 15.2. The van der Waals surface area contributed by atoms with Crippen LogP contribution >= 0.6 is 0 Å². The fourth-order valence-electron chi connectivity index (χ4n) is 4.19. The minimum Gasteiger partial charge on any atom is -0.444 e. The normalized spacial score (nSPS) is 12.8. The van der Waals surface area contributed by atoms with Gasteiger partial charge >= 0.3 is 6.09 Å². The van der Waals surface area contributed by atoms with Gasteiger partial charge in [0.1, 0.15) is 17.7 Å². The Balaban J connectivity index is 3.39. The molecule has 2 unspecified atom stereocenters. The van der Waals surface area contributed by atoms with Crippen LogP contribution in [-0.4, -0.2) is 53.4 Å². The van der Waals surface area contributed by atoms with Gasteiger partial charge in [-0.3, -0.25) is 14.4 Å². The van der Waals surface area contributed by atoms with E-state index in [0.29, 0.717) is 18.5 Å². The molecule has 0 saturated carbocycles. The van der Waals surface area contributed by atoms with Crippen molar-refractivity contribution < 1.29 is 23.9 Å². The van der Waals surface area contributed by atoms with Gasteiger partial charge in [0.25, 0.3) is 0 Å². The van der Waals surface area contributed by atoms with E-state index in [9.17, 15) is 19.2 Å². The van der Waals surface area contributed by atoms with Crippen molar-refractivity contribution in [3.05, 3.63) is 35.4 Å². The molecule has 39 heavy (non-hydrogen) atoms. The topological polar surface area (TPSA) is 131 Å². The summed E-state index contributed by atoms with van der Waals surface area (Å²) >= 11 is 0. The molecule has 4 amide bonds. The third kappa shape index (κ3) is 13.5. The maximum absolute atomic E-state index is 14.0. The average Bonchev–Trinajstić information content (AvgIpc) is 2.84. The van der Waals surface area contributed by atoms with Crippen LogP contribution in [0.1, 0.15) is 110 Å². The molecule has 2 atom stereocenters. The van der Waals surface area contributed by atoms with E-state index in [1.807, 2.05) is 38.1 Å². The van der Waals surface area contributed by atoms with Crippen LogP contribution in [-0.2, 0) is 19.1 Å². The van der Waals surface area contributed by atoms with Crippen molar-refractivity contribution in [2.24, 2.45) is 5.73 Å². The first kappa shape index (κ1) is 33.9. The average molecular weight is 547 g/mol. The molecule has 9 nitrogen and oxygen atoms in total. The second-order valence-electron chi connectivity index (χ2n) is 11.1. The first-order valence-corrected chi connectivity index (χ1v) is 14.3. The molecule has 0 aromatic heterocycles. The van der Waals surface area contributed by atoms with Crippen LogP contribution in [0, 0.1) is 6.92 Å². The highest BCUT2D eigenvalue weighted by Gasteiger charge is 2.36. The smallest absolute Gasteiger partial charge is 0.408 e. The summed E-state index contributed by atoms with van der Waals surface area (Å²) in [6.45, 7) is 12.0. The Hall–Kier alpha value is -3.10. The number of primary amides is 1. The highest BCUT2D eigenvalue weighted by Crippen LogP contribution is 2.25. The maximum atomic E-state index is 14.0. The third-order valence-corrected chi connectivity index (χ3v) is 6.21. The number of rotatable bonds is 17. The first-order valence-electron chi connectivity index (χ1n) is 14.3. The van der Waals surface area contributed by atoms with Crippen molar-refractivity contribution in [1.82, 2.24) is 15.5 Å². The van der Waals surface area contributed by atoms with Gasteiger partial charge in [-0.25, -0.2) is 4.79 Å². The fraction of sp³-hybridized carbons (Fsp3) is 0.667. The molecular formula is C30H50N4O5. The molecule has 0 spiro atoms. The molecule has 0 fully saturated rings. The lowest BCUT2D eigenvalue weighted by Crippen LogP contribution is -2.54. The van der Waals surface area contributed by atoms with Crippen LogP contribution in [0.2, 0.25) is 0 Å². The number of nitrogens with one attached hydrogen (secondary N) is 2. The van der Waals surface area contributed by atoms with Crippen molar-refractivity contribution in [3.63, 3.8) is 0 Å². The number of aryl methyl sites for hydroxylation is 1. The van der Waals surface area contributed by atoms with Crippen LogP contribution in [0.3, 0.4) is 0 Å². The van der Waals surface area contributed by atoms with Gasteiger partial charge in [-0.1, -0.05) is 82.2 Å². The second kappa shape index (κ2) is 17.5. The lowest BCUT2D eigenvalue weighted by atomic mass is 10.00. The van der Waals surface area contributed by atoms with E-state index >= 15 is 0 Å². The Morgan fingerprint density at radius 1 is 0.923 bits per heavy atom. The van der Waals surface area contributed by atoms with Gasteiger partial charge in [-0.05, 0) is 46.1 Å². The van der Waals surface area contributed by atoms with Crippen LogP contribution in [0.15, 0.2) is 24.3 Å². The minimum absolute atomic E-state index is 0.288. The van der Waals surface area contributed by atoms with Crippen LogP contribution in [0.5, 0.6) is 0 Å². The molecule has 9 heteroatoms. The van der Waals surface area contributed by atoms with E-state index in [2.05, 4.69) is 17.6 Å². The summed E-state index contributed by atoms with van der Waals surface area (Å²) in [5, 5.41) is 5.49. The highest BCUT2D eigenvalue weighted by atomic mass is 16.6. The molecule has 0 radical (unpaired) electrons. The third-order valence-electron chi connectivity index (χ3n) is 6.21. The van der Waals surface area contributed by atoms with Gasteiger partial charge in [-0.2, -0.15) is 0 Å². The maximum Gasteiger partial charge on any atom is 0.408 e. The number of nitrogens with two attached hydrogens (primary N) is 1. The second-order valence-corrected chi connectivity index (χ2v) is 11.1. The van der Waals surface area contributed by atoms with Gasteiger partial charge in [0, 0.05) is 13.1 Å². The Labute approximate surface area is 234 Å². The summed E-state index contributed by atoms with van der Waals surface area (Å²) in [6.07, 6.45) is 6.45. The molecule has 0 aliphatic heterocycles. The number of hydrogen-bond acceptors (Lipinski definition) is 5. The number of ether oxygens (including phenoxy) is 1. The monoisotopic (exact) mass is 546 g/mol. The van der Waals surface area contributed by atoms with Crippen molar-refractivity contribution in [1.29, 1.82) is 0 Å². The number of alkyl carbamates (subject to hydrolysis) is 1. The van der Waals surface area contributed by atoms with Gasteiger partial charge in [0.2, 0.25) is 17.7 Å². The number of benzene rings is 1. The molecule has 220 valence electrons. The number of unbranched alkanes of at least 4 members (excludes halogenated alkanes) is 6. The molecule has 0 bridgehead atoms. The van der Waals surface area contributed by atoms with Gasteiger partial charge < -0.3 is 26.0 Å². The first-order chi connectivity index (χ1) is 18.4. The van der Waals surface area contributed by atoms with E-state index < -0.39 is 42.0 Å². The van der Waals surface area contributed by atoms with E-state index in [1.165, 1.54) is 4.90 Å². The van der Waals surface area contributed by atoms with E-state index in [1.54, 1.807) is 20.8 Å². The number of hydrogen-bond donors (Lipinski definition) is 3. The zero-order chi connectivity index (χ0) is 29.4. The van der Waals surface area contributed by atoms with E-state index in [-0.39, 0.29) is 12.5 Å². The summed E-state index contributed by atoms with van der Waals surface area (Å²) in [4.78, 5) is 53.6. The molecule has 0 aliphatic carbocycles. The summed E-state index contributed by atoms with van der Waals surface area (Å²) in [5.74, 6) is -1.60. The minimum atomic E-state index is -1.27. The largest absolute Gasteiger partial charge is 0.444 e. The fourth-order valence-corrected chi connectivity index (χ4v) is 4.19. The quantitative estimate of drug-likeness (QED) is 0.239. The highest BCUT2D eigenvalue weighted by molar-refractivity contribution is 5.94. The molecule has 0 heterocycles. The molecule has 1 rings (SSSR count). The van der Waals surface area contributed by atoms with Crippen molar-refractivity contribution in [2.45, 2.75) is 117 Å². The van der Waals surface area contributed by atoms with E-state index in [0.717, 1.165) is 50.5 Å². The lowest BCUT2D eigenvalue weighted by molar-refractivity contribution is -0.143. The Bertz CT molecular complexity index is 911. The summed E-state index contributed by atoms with van der Waals surface area (Å²) in [6, 6.07) is 5.27. The summed E-state index contributed by atoms with van der Waals surface area (Å²) < 4.78 is 5.33. The molecule has 4 N–H and O–H groups in total. The van der Waals surface area contributed by atoms with Gasteiger partial charge in [-0.15, -0.1) is 0 Å². The molecule has 0 saturated heterocycles. The standard InChI is InChI=1S/C30H50N4O5/c1-7-9-11-12-13-14-20-34(28(37)24(21-25(31)35)33-29(38)39-30(4,5)6)26(27(36)32-19-10-8-2)23-17-15-22(3)16-18-23/h15-18,24,26H,7-14,19-21H2,1-6H3,(H2,31,35)(H,32,36)(H,33,38). The molecule has 1 aromatic carbocycles. The number of carbonyl (C=O) groups excluding carboxylic acids is 4. The predicted octanol–water partition coefficient (Wildman–Crippen LogP) is 4.91. The van der Waals surface area contributed by atoms with Crippen LogP contribution in [0.4, 0.5) is 4.79 Å². The van der Waals surface area contributed by atoms with Crippen LogP contribution < -0.4 is 16.4 Å². The molecule has 1 aromatic rings. The Morgan fingerprint density at radius 3 is 2.08 bits per heavy atom. The van der Waals surface area contributed by atoms with Crippen molar-refractivity contribution >= 4 is 23.8 Å². The summed E-state index contributed by atoms with van der Waals surface area (Å²) in [5.41, 5.74) is 6.35. The number of carbonyl (C=O) groups is 4.